The number of allylic oxidation sites excluding steroid dienone is 1. The molecule has 0 aliphatic carbocycles. The second-order valence-corrected chi connectivity index (χ2v) is 8.32. The Morgan fingerprint density at radius 3 is 2.48 bits per heavy atom. The molecule has 1 N–H and O–H groups in total. The summed E-state index contributed by atoms with van der Waals surface area (Å²) in [7, 11) is 3.05. The Bertz CT molecular complexity index is 1070. The number of nitrogens with one attached hydrogen (secondary N) is 1. The van der Waals surface area contributed by atoms with Crippen molar-refractivity contribution in [2.24, 2.45) is 14.1 Å². The molecule has 0 amide bonds. The van der Waals surface area contributed by atoms with Crippen molar-refractivity contribution in [2.75, 3.05) is 11.1 Å². The molecule has 0 bridgehead atoms. The lowest BCUT2D eigenvalue weighted by Gasteiger charge is -2.15. The van der Waals surface area contributed by atoms with Crippen LogP contribution in [0, 0.1) is 6.92 Å². The van der Waals surface area contributed by atoms with Crippen LogP contribution in [-0.4, -0.2) is 20.7 Å². The van der Waals surface area contributed by atoms with Crippen LogP contribution in [0.5, 0.6) is 0 Å². The number of nitrogens with zero attached hydrogens (tertiary/aromatic N) is 2. The smallest absolute Gasteiger partial charge is 0.330 e. The topological polar surface area (TPSA) is 73.1 Å². The van der Waals surface area contributed by atoms with E-state index in [1.807, 2.05) is 13.0 Å². The van der Waals surface area contributed by atoms with E-state index >= 15 is 0 Å². The molecule has 1 aromatic heterocycles. The van der Waals surface area contributed by atoms with E-state index in [1.54, 1.807) is 32.2 Å². The second-order valence-electron chi connectivity index (χ2n) is 6.49. The molecular weight excluding hydrogens is 433 g/mol. The van der Waals surface area contributed by atoms with Crippen LogP contribution < -0.4 is 16.6 Å². The number of hydrogen-bond donors (Lipinski definition) is 1. The molecule has 6 nitrogen and oxygen atoms in total. The first-order valence-corrected chi connectivity index (χ1v) is 10.8. The molecule has 0 atom stereocenters. The summed E-state index contributed by atoms with van der Waals surface area (Å²) < 4.78 is 2.46. The van der Waals surface area contributed by atoms with Gasteiger partial charge >= 0.3 is 5.69 Å². The molecule has 1 heterocycles. The third-order valence-corrected chi connectivity index (χ3v) is 6.15. The largest absolute Gasteiger partial charge is 0.345 e. The van der Waals surface area contributed by atoms with Gasteiger partial charge in [-0.3, -0.25) is 18.7 Å². The molecule has 2 rings (SSSR count). The van der Waals surface area contributed by atoms with E-state index in [0.717, 1.165) is 17.4 Å². The lowest BCUT2D eigenvalue weighted by molar-refractivity contribution is 0.102. The quantitative estimate of drug-likeness (QED) is 0.598. The fourth-order valence-electron chi connectivity index (χ4n) is 2.53. The van der Waals surface area contributed by atoms with E-state index in [2.05, 4.69) is 5.32 Å². The van der Waals surface area contributed by atoms with E-state index in [-0.39, 0.29) is 17.2 Å². The predicted octanol–water partition coefficient (Wildman–Crippen LogP) is 4.37. The highest BCUT2D eigenvalue weighted by Crippen LogP contribution is 2.25. The monoisotopic (exact) mass is 455 g/mol. The number of ketones is 1. The summed E-state index contributed by atoms with van der Waals surface area (Å²) in [4.78, 5) is 37.2. The summed E-state index contributed by atoms with van der Waals surface area (Å²) in [6, 6.07) is 4.76. The number of anilines is 1. The zero-order valence-electron chi connectivity index (χ0n) is 16.7. The van der Waals surface area contributed by atoms with Crippen molar-refractivity contribution < 1.29 is 4.79 Å². The van der Waals surface area contributed by atoms with Crippen molar-refractivity contribution in [1.29, 1.82) is 0 Å². The van der Waals surface area contributed by atoms with Crippen LogP contribution in [0.15, 0.2) is 38.9 Å². The molecule has 29 heavy (non-hydrogen) atoms. The lowest BCUT2D eigenvalue weighted by atomic mass is 10.1. The van der Waals surface area contributed by atoms with Gasteiger partial charge in [0.2, 0.25) is 0 Å². The SMILES string of the molecule is CCC/C=C(/Nc1c(C)n(C)c(=O)n(C)c1=O)SCC(=O)c1ccc(Cl)c(Cl)c1. The predicted molar refractivity (Wildman–Crippen MR) is 122 cm³/mol. The highest BCUT2D eigenvalue weighted by atomic mass is 35.5. The maximum absolute atomic E-state index is 12.6. The van der Waals surface area contributed by atoms with Gasteiger partial charge in [0, 0.05) is 25.4 Å². The zero-order chi connectivity index (χ0) is 21.7. The van der Waals surface area contributed by atoms with E-state index in [4.69, 9.17) is 23.2 Å². The number of halogens is 2. The minimum absolute atomic E-state index is 0.108. The van der Waals surface area contributed by atoms with Gasteiger partial charge in [-0.15, -0.1) is 11.8 Å². The van der Waals surface area contributed by atoms with E-state index in [1.165, 1.54) is 23.4 Å². The van der Waals surface area contributed by atoms with E-state index < -0.39 is 5.56 Å². The molecule has 1 aromatic carbocycles. The number of thioether (sulfide) groups is 1. The van der Waals surface area contributed by atoms with Gasteiger partial charge in [-0.25, -0.2) is 4.79 Å². The van der Waals surface area contributed by atoms with Crippen molar-refractivity contribution in [3.05, 3.63) is 71.4 Å². The van der Waals surface area contributed by atoms with Gasteiger partial charge in [0.05, 0.1) is 20.8 Å². The molecule has 0 fully saturated rings. The average Bonchev–Trinajstić information content (AvgIpc) is 2.71. The van der Waals surface area contributed by atoms with Crippen LogP contribution in [0.25, 0.3) is 0 Å². The summed E-state index contributed by atoms with van der Waals surface area (Å²) in [6.07, 6.45) is 3.63. The number of benzene rings is 1. The molecule has 9 heteroatoms. The lowest BCUT2D eigenvalue weighted by Crippen LogP contribution is -2.39. The van der Waals surface area contributed by atoms with Crippen molar-refractivity contribution in [1.82, 2.24) is 9.13 Å². The van der Waals surface area contributed by atoms with Crippen molar-refractivity contribution in [3.63, 3.8) is 0 Å². The molecule has 0 saturated carbocycles. The van der Waals surface area contributed by atoms with Crippen molar-refractivity contribution in [3.8, 4) is 0 Å². The molecule has 0 unspecified atom stereocenters. The summed E-state index contributed by atoms with van der Waals surface area (Å²) in [6.45, 7) is 3.74. The molecular formula is C20H23Cl2N3O3S. The summed E-state index contributed by atoms with van der Waals surface area (Å²) in [5.41, 5.74) is 0.503. The number of rotatable bonds is 8. The standard InChI is InChI=1S/C20H23Cl2N3O3S/c1-5-6-7-17(23-18-12(2)24(3)20(28)25(4)19(18)27)29-11-16(26)13-8-9-14(21)15(22)10-13/h7-10,23H,5-6,11H2,1-4H3/b17-7-. The summed E-state index contributed by atoms with van der Waals surface area (Å²) >= 11 is 13.2. The summed E-state index contributed by atoms with van der Waals surface area (Å²) in [5, 5.41) is 4.51. The normalized spacial score (nSPS) is 11.6. The number of Topliss-reactive ketones (excluding diaryl/α,β-unsaturated/α-hetero) is 1. The van der Waals surface area contributed by atoms with Crippen LogP contribution in [0.3, 0.4) is 0 Å². The minimum atomic E-state index is -0.413. The molecule has 2 aromatic rings. The van der Waals surface area contributed by atoms with Gasteiger partial charge in [-0.2, -0.15) is 0 Å². The van der Waals surface area contributed by atoms with E-state index in [9.17, 15) is 14.4 Å². The van der Waals surface area contributed by atoms with Crippen LogP contribution >= 0.6 is 35.0 Å². The van der Waals surface area contributed by atoms with Gasteiger partial charge in [0.25, 0.3) is 5.56 Å². The Labute approximate surface area is 183 Å². The number of unbranched alkanes of at least 4 members (excludes halogenated alkanes) is 1. The Morgan fingerprint density at radius 2 is 1.86 bits per heavy atom. The van der Waals surface area contributed by atoms with Crippen molar-refractivity contribution >= 4 is 46.4 Å². The Morgan fingerprint density at radius 1 is 1.17 bits per heavy atom. The van der Waals surface area contributed by atoms with Gasteiger partial charge < -0.3 is 5.32 Å². The first-order valence-electron chi connectivity index (χ1n) is 9.02. The third kappa shape index (κ3) is 5.56. The van der Waals surface area contributed by atoms with Crippen LogP contribution in [0.4, 0.5) is 5.69 Å². The fraction of sp³-hybridized carbons (Fsp3) is 0.350. The fourth-order valence-corrected chi connectivity index (χ4v) is 3.69. The molecule has 0 spiro atoms. The first kappa shape index (κ1) is 23.3. The number of carbonyl (C=O) groups is 1. The summed E-state index contributed by atoms with van der Waals surface area (Å²) in [5.74, 6) is 0.0499. The number of hydrogen-bond acceptors (Lipinski definition) is 5. The van der Waals surface area contributed by atoms with Gasteiger partial charge in [-0.1, -0.05) is 42.6 Å². The van der Waals surface area contributed by atoms with Gasteiger partial charge in [-0.05, 0) is 31.5 Å². The molecule has 0 aliphatic rings. The molecule has 0 saturated heterocycles. The average molecular weight is 456 g/mol. The van der Waals surface area contributed by atoms with Crippen molar-refractivity contribution in [2.45, 2.75) is 26.7 Å². The first-order chi connectivity index (χ1) is 13.7. The van der Waals surface area contributed by atoms with E-state index in [0.29, 0.717) is 32.0 Å². The van der Waals surface area contributed by atoms with Gasteiger partial charge in [0.15, 0.2) is 5.78 Å². The Kier molecular flexibility index (Phi) is 8.19. The van der Waals surface area contributed by atoms with Crippen LogP contribution in [-0.2, 0) is 14.1 Å². The highest BCUT2D eigenvalue weighted by molar-refractivity contribution is 8.03. The zero-order valence-corrected chi connectivity index (χ0v) is 19.0. The maximum Gasteiger partial charge on any atom is 0.330 e. The maximum atomic E-state index is 12.6. The molecule has 156 valence electrons. The Balaban J connectivity index is 2.25. The minimum Gasteiger partial charge on any atom is -0.345 e. The highest BCUT2D eigenvalue weighted by Gasteiger charge is 2.15. The van der Waals surface area contributed by atoms with Crippen LogP contribution in [0.2, 0.25) is 10.0 Å². The van der Waals surface area contributed by atoms with Gasteiger partial charge in [0.1, 0.15) is 5.69 Å². The molecule has 0 aliphatic heterocycles. The van der Waals surface area contributed by atoms with Crippen LogP contribution in [0.1, 0.15) is 35.8 Å². The third-order valence-electron chi connectivity index (χ3n) is 4.42. The molecule has 0 radical (unpaired) electrons. The Hall–Kier alpha value is -1.96. The number of aromatic nitrogens is 2. The second kappa shape index (κ2) is 10.2. The number of carbonyl (C=O) groups excluding carboxylic acids is 1.